The summed E-state index contributed by atoms with van der Waals surface area (Å²) in [6.45, 7) is 4.27. The molecule has 0 radical (unpaired) electrons. The predicted octanol–water partition coefficient (Wildman–Crippen LogP) is 5.11. The monoisotopic (exact) mass is 417 g/mol. The molecule has 1 amide bonds. The van der Waals surface area contributed by atoms with Crippen molar-refractivity contribution in [3.05, 3.63) is 81.1 Å². The molecule has 5 nitrogen and oxygen atoms in total. The molecule has 0 spiro atoms. The molecule has 0 fully saturated rings. The SMILES string of the molecule is Cc1c(C(C)NC(=O)c2ccc(COc3ccc(Cl)cc3Cl)cc2)cnn1C. The van der Waals surface area contributed by atoms with E-state index < -0.39 is 0 Å². The average Bonchev–Trinajstić information content (AvgIpc) is 3.00. The number of rotatable bonds is 6. The third kappa shape index (κ3) is 4.66. The lowest BCUT2D eigenvalue weighted by Crippen LogP contribution is -2.26. The van der Waals surface area contributed by atoms with Gasteiger partial charge in [-0.3, -0.25) is 9.48 Å². The van der Waals surface area contributed by atoms with Crippen LogP contribution in [0, 0.1) is 6.92 Å². The van der Waals surface area contributed by atoms with E-state index in [-0.39, 0.29) is 11.9 Å². The van der Waals surface area contributed by atoms with Gasteiger partial charge >= 0.3 is 0 Å². The van der Waals surface area contributed by atoms with Crippen molar-refractivity contribution in [1.29, 1.82) is 0 Å². The first-order chi connectivity index (χ1) is 13.3. The number of aryl methyl sites for hydroxylation is 1. The molecule has 1 aromatic heterocycles. The van der Waals surface area contributed by atoms with Crippen molar-refractivity contribution in [1.82, 2.24) is 15.1 Å². The highest BCUT2D eigenvalue weighted by Gasteiger charge is 2.15. The Bertz CT molecular complexity index is 984. The maximum absolute atomic E-state index is 12.5. The molecule has 0 aliphatic heterocycles. The first-order valence-electron chi connectivity index (χ1n) is 8.81. The summed E-state index contributed by atoms with van der Waals surface area (Å²) in [5.41, 5.74) is 3.54. The summed E-state index contributed by atoms with van der Waals surface area (Å²) in [4.78, 5) is 12.5. The summed E-state index contributed by atoms with van der Waals surface area (Å²) < 4.78 is 7.51. The zero-order valence-corrected chi connectivity index (χ0v) is 17.4. The van der Waals surface area contributed by atoms with E-state index in [1.54, 1.807) is 41.2 Å². The quantitative estimate of drug-likeness (QED) is 0.606. The van der Waals surface area contributed by atoms with Crippen LogP contribution in [0.2, 0.25) is 10.0 Å². The highest BCUT2D eigenvalue weighted by atomic mass is 35.5. The van der Waals surface area contributed by atoms with Crippen LogP contribution in [-0.4, -0.2) is 15.7 Å². The van der Waals surface area contributed by atoms with Crippen LogP contribution < -0.4 is 10.1 Å². The van der Waals surface area contributed by atoms with E-state index in [1.807, 2.05) is 33.0 Å². The third-order valence-corrected chi connectivity index (χ3v) is 5.12. The number of aromatic nitrogens is 2. The van der Waals surface area contributed by atoms with Gasteiger partial charge in [-0.1, -0.05) is 35.3 Å². The second-order valence-corrected chi connectivity index (χ2v) is 7.41. The molecule has 1 unspecified atom stereocenters. The molecule has 3 rings (SSSR count). The van der Waals surface area contributed by atoms with Crippen LogP contribution in [0.1, 0.15) is 40.1 Å². The summed E-state index contributed by atoms with van der Waals surface area (Å²) in [5, 5.41) is 8.24. The Hall–Kier alpha value is -2.50. The molecule has 0 saturated heterocycles. The zero-order chi connectivity index (χ0) is 20.3. The van der Waals surface area contributed by atoms with Crippen LogP contribution in [0.3, 0.4) is 0 Å². The molecule has 2 aromatic carbocycles. The van der Waals surface area contributed by atoms with Crippen molar-refractivity contribution in [3.8, 4) is 5.75 Å². The van der Waals surface area contributed by atoms with Crippen LogP contribution in [-0.2, 0) is 13.7 Å². The average molecular weight is 418 g/mol. The van der Waals surface area contributed by atoms with E-state index >= 15 is 0 Å². The summed E-state index contributed by atoms with van der Waals surface area (Å²) >= 11 is 12.0. The lowest BCUT2D eigenvalue weighted by molar-refractivity contribution is 0.0939. The number of hydrogen-bond acceptors (Lipinski definition) is 3. The largest absolute Gasteiger partial charge is 0.487 e. The van der Waals surface area contributed by atoms with E-state index in [2.05, 4.69) is 10.4 Å². The van der Waals surface area contributed by atoms with Gasteiger partial charge in [-0.15, -0.1) is 0 Å². The number of carbonyl (C=O) groups excluding carboxylic acids is 1. The van der Waals surface area contributed by atoms with Gasteiger partial charge in [0.2, 0.25) is 0 Å². The van der Waals surface area contributed by atoms with Gasteiger partial charge < -0.3 is 10.1 Å². The second-order valence-electron chi connectivity index (χ2n) is 6.56. The number of amides is 1. The molecule has 146 valence electrons. The summed E-state index contributed by atoms with van der Waals surface area (Å²) in [6, 6.07) is 12.2. The van der Waals surface area contributed by atoms with E-state index in [0.717, 1.165) is 16.8 Å². The van der Waals surface area contributed by atoms with Gasteiger partial charge in [0.05, 0.1) is 17.3 Å². The van der Waals surface area contributed by atoms with Crippen LogP contribution in [0.15, 0.2) is 48.7 Å². The Morgan fingerprint density at radius 3 is 2.54 bits per heavy atom. The molecular weight excluding hydrogens is 397 g/mol. The fraction of sp³-hybridized carbons (Fsp3) is 0.238. The van der Waals surface area contributed by atoms with Crippen molar-refractivity contribution in [3.63, 3.8) is 0 Å². The van der Waals surface area contributed by atoms with E-state index in [1.165, 1.54) is 0 Å². The number of halogens is 2. The van der Waals surface area contributed by atoms with Gasteiger partial charge in [-0.25, -0.2) is 0 Å². The maximum atomic E-state index is 12.5. The summed E-state index contributed by atoms with van der Waals surface area (Å²) in [6.07, 6.45) is 1.78. The summed E-state index contributed by atoms with van der Waals surface area (Å²) in [7, 11) is 1.88. The smallest absolute Gasteiger partial charge is 0.251 e. The van der Waals surface area contributed by atoms with Gasteiger partial charge in [-0.05, 0) is 49.7 Å². The van der Waals surface area contributed by atoms with Crippen LogP contribution >= 0.6 is 23.2 Å². The molecular formula is C21H21Cl2N3O2. The highest BCUT2D eigenvalue weighted by Crippen LogP contribution is 2.28. The van der Waals surface area contributed by atoms with Crippen LogP contribution in [0.4, 0.5) is 0 Å². The van der Waals surface area contributed by atoms with E-state index in [0.29, 0.717) is 28.0 Å². The Morgan fingerprint density at radius 1 is 1.21 bits per heavy atom. The number of nitrogens with one attached hydrogen (secondary N) is 1. The van der Waals surface area contributed by atoms with Crippen LogP contribution in [0.25, 0.3) is 0 Å². The van der Waals surface area contributed by atoms with Crippen molar-refractivity contribution in [2.75, 3.05) is 0 Å². The Morgan fingerprint density at radius 2 is 1.93 bits per heavy atom. The number of carbonyl (C=O) groups is 1. The zero-order valence-electron chi connectivity index (χ0n) is 15.9. The Kier molecular flexibility index (Phi) is 6.27. The lowest BCUT2D eigenvalue weighted by Gasteiger charge is -2.14. The van der Waals surface area contributed by atoms with Gasteiger partial charge in [0, 0.05) is 28.9 Å². The summed E-state index contributed by atoms with van der Waals surface area (Å²) in [5.74, 6) is 0.428. The minimum absolute atomic E-state index is 0.128. The molecule has 1 atom stereocenters. The molecule has 3 aromatic rings. The molecule has 28 heavy (non-hydrogen) atoms. The van der Waals surface area contributed by atoms with Gasteiger partial charge in [0.25, 0.3) is 5.91 Å². The van der Waals surface area contributed by atoms with E-state index in [9.17, 15) is 4.79 Å². The number of hydrogen-bond donors (Lipinski definition) is 1. The Labute approximate surface area is 174 Å². The van der Waals surface area contributed by atoms with E-state index in [4.69, 9.17) is 27.9 Å². The predicted molar refractivity (Wildman–Crippen MR) is 111 cm³/mol. The van der Waals surface area contributed by atoms with Crippen molar-refractivity contribution in [2.45, 2.75) is 26.5 Å². The first-order valence-corrected chi connectivity index (χ1v) is 9.57. The number of ether oxygens (including phenoxy) is 1. The molecule has 0 aliphatic rings. The number of benzene rings is 2. The fourth-order valence-corrected chi connectivity index (χ4v) is 3.27. The Balaban J connectivity index is 1.60. The van der Waals surface area contributed by atoms with Crippen molar-refractivity contribution in [2.24, 2.45) is 7.05 Å². The fourth-order valence-electron chi connectivity index (χ4n) is 2.80. The topological polar surface area (TPSA) is 56.1 Å². The molecule has 1 N–H and O–H groups in total. The molecule has 0 saturated carbocycles. The number of nitrogens with zero attached hydrogens (tertiary/aromatic N) is 2. The highest BCUT2D eigenvalue weighted by molar-refractivity contribution is 6.35. The van der Waals surface area contributed by atoms with Crippen molar-refractivity contribution < 1.29 is 9.53 Å². The van der Waals surface area contributed by atoms with Crippen molar-refractivity contribution >= 4 is 29.1 Å². The minimum atomic E-state index is -0.135. The van der Waals surface area contributed by atoms with Gasteiger partial charge in [-0.2, -0.15) is 5.10 Å². The standard InChI is InChI=1S/C21H21Cl2N3O2/c1-13(18-11-24-26(3)14(18)2)25-21(27)16-6-4-15(5-7-16)12-28-20-9-8-17(22)10-19(20)23/h4-11,13H,12H2,1-3H3,(H,25,27). The lowest BCUT2D eigenvalue weighted by atomic mass is 10.1. The second kappa shape index (κ2) is 8.67. The molecule has 0 bridgehead atoms. The minimum Gasteiger partial charge on any atom is -0.487 e. The molecule has 0 aliphatic carbocycles. The van der Waals surface area contributed by atoms with Gasteiger partial charge in [0.15, 0.2) is 0 Å². The first kappa shape index (κ1) is 20.2. The maximum Gasteiger partial charge on any atom is 0.251 e. The molecule has 7 heteroatoms. The van der Waals surface area contributed by atoms with Gasteiger partial charge in [0.1, 0.15) is 12.4 Å². The molecule has 1 heterocycles. The normalized spacial score (nSPS) is 11.9. The third-order valence-electron chi connectivity index (χ3n) is 4.59. The van der Waals surface area contributed by atoms with Crippen LogP contribution in [0.5, 0.6) is 5.75 Å².